The zero-order valence-corrected chi connectivity index (χ0v) is 32.3. The normalized spacial score (nSPS) is 12.2. The number of aliphatic carboxylic acids is 1. The van der Waals surface area contributed by atoms with Crippen molar-refractivity contribution in [3.8, 4) is 0 Å². The number of nitrogens with one attached hydrogen (secondary N) is 4. The summed E-state index contributed by atoms with van der Waals surface area (Å²) in [5, 5.41) is 22.8. The molecule has 20 heteroatoms. The number of benzene rings is 2. The molecule has 0 aliphatic rings. The van der Waals surface area contributed by atoms with Gasteiger partial charge in [-0.15, -0.1) is 0 Å². The predicted molar refractivity (Wildman–Crippen MR) is 202 cm³/mol. The molecular weight excluding hydrogens is 747 g/mol. The van der Waals surface area contributed by atoms with Gasteiger partial charge in [-0.05, 0) is 75.6 Å². The highest BCUT2D eigenvalue weighted by Gasteiger charge is 2.20. The van der Waals surface area contributed by atoms with Crippen molar-refractivity contribution in [1.29, 1.82) is 0 Å². The second-order valence-electron chi connectivity index (χ2n) is 13.4. The molecule has 0 spiro atoms. The average Bonchev–Trinajstić information content (AvgIpc) is 3.04. The molecule has 3 amide bonds. The molecule has 2 rings (SSSR count). The number of sulfonamides is 1. The summed E-state index contributed by atoms with van der Waals surface area (Å²) < 4.78 is 50.5. The zero-order chi connectivity index (χ0) is 40.3. The van der Waals surface area contributed by atoms with Crippen molar-refractivity contribution in [3.05, 3.63) is 54.1 Å². The molecule has 0 heterocycles. The second-order valence-corrected chi connectivity index (χ2v) is 15.7. The Morgan fingerprint density at radius 2 is 1.31 bits per heavy atom. The Hall–Kier alpha value is -4.47. The standard InChI is InChI=1S/C34H51N7O11S2/c1-34(2,3)52-33(47)37-17-7-5-4-6-16-36-30(43)22-40(21-28(42)20-25-8-14-29(15-9-25)54(35,50)51)18-19-41(24-32(45)46)23-31(44)38-26-10-12-27(13-11-26)39-53(48)49/h8-15,39H,4-7,16-24H2,1-3H3,(H,36,43)(H,37,47)(H,38,44)(H,45,46)(H,48,49)(H2,35,50,51). The van der Waals surface area contributed by atoms with E-state index in [9.17, 15) is 41.7 Å². The third-order valence-corrected chi connectivity index (χ3v) is 8.69. The van der Waals surface area contributed by atoms with Crippen LogP contribution in [0.25, 0.3) is 0 Å². The van der Waals surface area contributed by atoms with Gasteiger partial charge in [0.2, 0.25) is 21.8 Å². The lowest BCUT2D eigenvalue weighted by atomic mass is 10.1. The molecule has 0 aliphatic heterocycles. The maximum absolute atomic E-state index is 13.1. The molecule has 0 aromatic heterocycles. The van der Waals surface area contributed by atoms with E-state index in [-0.39, 0.29) is 55.7 Å². The number of carbonyl (C=O) groups excluding carboxylic acids is 4. The first-order valence-electron chi connectivity index (χ1n) is 17.1. The van der Waals surface area contributed by atoms with Crippen LogP contribution in [-0.2, 0) is 51.6 Å². The number of rotatable bonds is 24. The second kappa shape index (κ2) is 22.7. The molecule has 2 aromatic rings. The lowest BCUT2D eigenvalue weighted by Gasteiger charge is -2.26. The van der Waals surface area contributed by atoms with Crippen molar-refractivity contribution < 1.29 is 51.0 Å². The number of alkyl carbamates (subject to hydrolysis) is 1. The van der Waals surface area contributed by atoms with Crippen molar-refractivity contribution in [2.45, 2.75) is 63.4 Å². The summed E-state index contributed by atoms with van der Waals surface area (Å²) in [6.07, 6.45) is 2.46. The number of nitrogens with two attached hydrogens (primary N) is 1. The summed E-state index contributed by atoms with van der Waals surface area (Å²) >= 11 is -2.27. The van der Waals surface area contributed by atoms with Crippen molar-refractivity contribution in [2.24, 2.45) is 5.14 Å². The van der Waals surface area contributed by atoms with Crippen LogP contribution in [0.4, 0.5) is 16.2 Å². The first-order chi connectivity index (χ1) is 25.3. The van der Waals surface area contributed by atoms with Gasteiger partial charge in [-0.2, -0.15) is 0 Å². The van der Waals surface area contributed by atoms with Crippen LogP contribution in [-0.4, -0.2) is 120 Å². The Balaban J connectivity index is 1.98. The van der Waals surface area contributed by atoms with E-state index in [2.05, 4.69) is 20.7 Å². The number of hydrogen-bond donors (Lipinski definition) is 7. The number of carboxylic acid groups (broad SMARTS) is 1. The Morgan fingerprint density at radius 1 is 0.778 bits per heavy atom. The van der Waals surface area contributed by atoms with Gasteiger partial charge in [-0.25, -0.2) is 22.6 Å². The van der Waals surface area contributed by atoms with Crippen molar-refractivity contribution in [3.63, 3.8) is 0 Å². The fourth-order valence-electron chi connectivity index (χ4n) is 4.95. The highest BCUT2D eigenvalue weighted by Crippen LogP contribution is 2.14. The first-order valence-corrected chi connectivity index (χ1v) is 19.8. The van der Waals surface area contributed by atoms with Gasteiger partial charge in [-0.3, -0.25) is 38.3 Å². The molecule has 300 valence electrons. The average molecular weight is 798 g/mol. The Bertz CT molecular complexity index is 1680. The summed E-state index contributed by atoms with van der Waals surface area (Å²) in [4.78, 5) is 65.0. The van der Waals surface area contributed by atoms with Crippen LogP contribution in [0.5, 0.6) is 0 Å². The van der Waals surface area contributed by atoms with E-state index in [0.717, 1.165) is 19.3 Å². The highest BCUT2D eigenvalue weighted by atomic mass is 32.2. The minimum atomic E-state index is -3.92. The topological polar surface area (TPSA) is 267 Å². The van der Waals surface area contributed by atoms with Gasteiger partial charge in [0.05, 0.1) is 31.1 Å². The summed E-state index contributed by atoms with van der Waals surface area (Å²) in [7, 11) is -3.92. The third kappa shape index (κ3) is 20.7. The number of anilines is 2. The van der Waals surface area contributed by atoms with Crippen LogP contribution in [0.15, 0.2) is 53.4 Å². The predicted octanol–water partition coefficient (Wildman–Crippen LogP) is 1.52. The number of carboxylic acids is 1. The summed E-state index contributed by atoms with van der Waals surface area (Å²) in [5.74, 6) is -2.39. The van der Waals surface area contributed by atoms with E-state index < -0.39 is 51.4 Å². The van der Waals surface area contributed by atoms with Crippen molar-refractivity contribution in [2.75, 3.05) is 62.4 Å². The highest BCUT2D eigenvalue weighted by molar-refractivity contribution is 7.89. The third-order valence-electron chi connectivity index (χ3n) is 7.35. The Morgan fingerprint density at radius 3 is 1.85 bits per heavy atom. The fraction of sp³-hybridized carbons (Fsp3) is 0.500. The van der Waals surface area contributed by atoms with Crippen molar-refractivity contribution >= 4 is 62.3 Å². The first kappa shape index (κ1) is 45.7. The lowest BCUT2D eigenvalue weighted by Crippen LogP contribution is -2.46. The van der Waals surface area contributed by atoms with E-state index in [1.807, 2.05) is 0 Å². The molecule has 0 radical (unpaired) electrons. The minimum Gasteiger partial charge on any atom is -0.480 e. The van der Waals surface area contributed by atoms with E-state index in [4.69, 9.17) is 14.4 Å². The number of hydrogen-bond acceptors (Lipinski definition) is 11. The van der Waals surface area contributed by atoms with Crippen LogP contribution in [0.2, 0.25) is 0 Å². The summed E-state index contributed by atoms with van der Waals surface area (Å²) in [6, 6.07) is 11.4. The molecule has 0 fully saturated rings. The smallest absolute Gasteiger partial charge is 0.407 e. The summed E-state index contributed by atoms with van der Waals surface area (Å²) in [5.41, 5.74) is 0.647. The molecule has 54 heavy (non-hydrogen) atoms. The Labute approximate surface area is 318 Å². The number of amides is 3. The molecular formula is C34H51N7O11S2. The molecule has 0 bridgehead atoms. The number of nitrogens with zero attached hydrogens (tertiary/aromatic N) is 2. The van der Waals surface area contributed by atoms with E-state index >= 15 is 0 Å². The number of carbonyl (C=O) groups is 5. The number of ketones is 1. The molecule has 0 saturated heterocycles. The zero-order valence-electron chi connectivity index (χ0n) is 30.7. The Kier molecular flexibility index (Phi) is 19.2. The monoisotopic (exact) mass is 797 g/mol. The van der Waals surface area contributed by atoms with Crippen molar-refractivity contribution in [1.82, 2.24) is 20.4 Å². The van der Waals surface area contributed by atoms with Gasteiger partial charge >= 0.3 is 12.1 Å². The van der Waals surface area contributed by atoms with Crippen LogP contribution in [0, 0.1) is 0 Å². The number of primary sulfonamides is 1. The van der Waals surface area contributed by atoms with Gasteiger partial charge in [0.15, 0.2) is 5.78 Å². The number of ether oxygens (including phenoxy) is 1. The largest absolute Gasteiger partial charge is 0.480 e. The SMILES string of the molecule is CC(C)(C)OC(=O)NCCCCCCNC(=O)CN(CCN(CC(=O)O)CC(=O)Nc1ccc(NS(=O)O)cc1)CC(=O)Cc1ccc(S(N)(=O)=O)cc1. The molecule has 2 aromatic carbocycles. The van der Waals surface area contributed by atoms with Gasteiger partial charge in [-0.1, -0.05) is 25.0 Å². The number of unbranched alkanes of at least 4 members (excludes halogenated alkanes) is 3. The molecule has 1 atom stereocenters. The quantitative estimate of drug-likeness (QED) is 0.0588. The maximum Gasteiger partial charge on any atom is 0.407 e. The minimum absolute atomic E-state index is 0.00579. The molecule has 1 unspecified atom stereocenters. The van der Waals surface area contributed by atoms with Gasteiger partial charge < -0.3 is 25.8 Å². The van der Waals surface area contributed by atoms with Crippen LogP contribution in [0.3, 0.4) is 0 Å². The van der Waals surface area contributed by atoms with E-state index in [1.165, 1.54) is 53.4 Å². The van der Waals surface area contributed by atoms with E-state index in [1.54, 1.807) is 25.7 Å². The molecule has 18 nitrogen and oxygen atoms in total. The number of Topliss-reactive ketones (excluding diaryl/α,β-unsaturated/α-hetero) is 1. The summed E-state index contributed by atoms with van der Waals surface area (Å²) in [6.45, 7) is 5.01. The lowest BCUT2D eigenvalue weighted by molar-refractivity contribution is -0.139. The molecule has 0 saturated carbocycles. The van der Waals surface area contributed by atoms with E-state index in [0.29, 0.717) is 36.4 Å². The fourth-order valence-corrected chi connectivity index (χ4v) is 5.81. The van der Waals surface area contributed by atoms with Gasteiger partial charge in [0.1, 0.15) is 5.60 Å². The van der Waals surface area contributed by atoms with Gasteiger partial charge in [0, 0.05) is 44.0 Å². The maximum atomic E-state index is 13.1. The van der Waals surface area contributed by atoms with Crippen LogP contribution < -0.4 is 25.8 Å². The van der Waals surface area contributed by atoms with Gasteiger partial charge in [0.25, 0.3) is 11.3 Å². The molecule has 8 N–H and O–H groups in total. The van der Waals surface area contributed by atoms with Crippen LogP contribution in [0.1, 0.15) is 52.0 Å². The molecule has 0 aliphatic carbocycles. The van der Waals surface area contributed by atoms with Crippen LogP contribution >= 0.6 is 0 Å².